The first-order valence-corrected chi connectivity index (χ1v) is 19.0. The van der Waals surface area contributed by atoms with E-state index in [1.54, 1.807) is 13.8 Å². The van der Waals surface area contributed by atoms with Gasteiger partial charge >= 0.3 is 17.9 Å². The molecule has 2 fully saturated rings. The van der Waals surface area contributed by atoms with E-state index < -0.39 is 127 Å². The van der Waals surface area contributed by atoms with Gasteiger partial charge < -0.3 is 62.5 Å². The molecule has 1 aromatic carbocycles. The van der Waals surface area contributed by atoms with Crippen molar-refractivity contribution in [2.24, 2.45) is 11.7 Å². The number of aromatic hydroxyl groups is 1. The summed E-state index contributed by atoms with van der Waals surface area (Å²) in [6, 6.07) is -3.35. The Hall–Kier alpha value is -6.32. The highest BCUT2D eigenvalue weighted by atomic mass is 16.4. The van der Waals surface area contributed by atoms with Crippen LogP contribution in [-0.2, 0) is 54.4 Å². The molecule has 2 saturated heterocycles. The Kier molecular flexibility index (Phi) is 17.1. The van der Waals surface area contributed by atoms with Crippen LogP contribution in [0, 0.1) is 5.92 Å². The first-order chi connectivity index (χ1) is 27.7. The van der Waals surface area contributed by atoms with E-state index in [4.69, 9.17) is 15.9 Å². The number of aliphatic carboxylic acids is 3. The molecule has 0 spiro atoms. The Morgan fingerprint density at radius 2 is 1.22 bits per heavy atom. The second kappa shape index (κ2) is 21.4. The van der Waals surface area contributed by atoms with Gasteiger partial charge in [-0.25, -0.2) is 0 Å². The number of nitrogens with zero attached hydrogens (tertiary/aromatic N) is 2. The van der Waals surface area contributed by atoms with Gasteiger partial charge in [0.05, 0.1) is 18.9 Å². The number of carboxylic acid groups (broad SMARTS) is 3. The fourth-order valence-corrected chi connectivity index (χ4v) is 6.77. The molecule has 2 heterocycles. The van der Waals surface area contributed by atoms with Gasteiger partial charge in [0.2, 0.25) is 41.4 Å². The van der Waals surface area contributed by atoms with Gasteiger partial charge in [-0.3, -0.25) is 47.9 Å². The second-order valence-electron chi connectivity index (χ2n) is 14.7. The van der Waals surface area contributed by atoms with Crippen molar-refractivity contribution in [1.29, 1.82) is 0 Å². The van der Waals surface area contributed by atoms with Crippen molar-refractivity contribution in [3.05, 3.63) is 29.8 Å². The molecule has 22 heteroatoms. The van der Waals surface area contributed by atoms with E-state index in [-0.39, 0.29) is 38.1 Å². The van der Waals surface area contributed by atoms with Crippen LogP contribution in [0.3, 0.4) is 0 Å². The summed E-state index contributed by atoms with van der Waals surface area (Å²) in [7, 11) is 0. The summed E-state index contributed by atoms with van der Waals surface area (Å²) in [6.07, 6.45) is -0.632. The van der Waals surface area contributed by atoms with E-state index in [1.165, 1.54) is 41.0 Å². The lowest BCUT2D eigenvalue weighted by molar-refractivity contribution is -0.144. The molecule has 2 aliphatic rings. The molecule has 0 aromatic heterocycles. The molecule has 0 unspecified atom stereocenters. The highest BCUT2D eigenvalue weighted by Crippen LogP contribution is 2.22. The average molecular weight is 833 g/mol. The Morgan fingerprint density at radius 1 is 0.678 bits per heavy atom. The fraction of sp³-hybridized carbons (Fsp3) is 0.568. The molecule has 22 nitrogen and oxygen atoms in total. The van der Waals surface area contributed by atoms with E-state index in [9.17, 15) is 58.2 Å². The zero-order valence-corrected chi connectivity index (χ0v) is 32.8. The van der Waals surface area contributed by atoms with Gasteiger partial charge in [0, 0.05) is 19.5 Å². The summed E-state index contributed by atoms with van der Waals surface area (Å²) < 4.78 is 0. The molecular weight excluding hydrogens is 780 g/mol. The number of nitrogens with one attached hydrogen (secondary N) is 5. The minimum Gasteiger partial charge on any atom is -0.508 e. The Labute approximate surface area is 338 Å². The van der Waals surface area contributed by atoms with Crippen molar-refractivity contribution >= 4 is 59.3 Å². The third-order valence-corrected chi connectivity index (χ3v) is 9.80. The van der Waals surface area contributed by atoms with Gasteiger partial charge in [0.25, 0.3) is 0 Å². The largest absolute Gasteiger partial charge is 0.508 e. The van der Waals surface area contributed by atoms with Crippen LogP contribution in [0.4, 0.5) is 0 Å². The minimum atomic E-state index is -1.67. The summed E-state index contributed by atoms with van der Waals surface area (Å²) in [5.74, 6) is -10.5. The number of carboxylic acids is 3. The lowest BCUT2D eigenvalue weighted by Gasteiger charge is -2.32. The number of hydrogen-bond acceptors (Lipinski definition) is 12. The summed E-state index contributed by atoms with van der Waals surface area (Å²) in [5, 5.41) is 49.0. The van der Waals surface area contributed by atoms with Crippen LogP contribution in [0.5, 0.6) is 5.75 Å². The maximum Gasteiger partial charge on any atom is 0.322 e. The smallest absolute Gasteiger partial charge is 0.322 e. The number of carbonyl (C=O) groups is 10. The van der Waals surface area contributed by atoms with Crippen LogP contribution in [0.15, 0.2) is 24.3 Å². The highest BCUT2D eigenvalue weighted by Gasteiger charge is 2.42. The average Bonchev–Trinajstić information content (AvgIpc) is 3.86. The van der Waals surface area contributed by atoms with Crippen molar-refractivity contribution in [2.45, 2.75) is 108 Å². The molecule has 3 rings (SSSR count). The lowest BCUT2D eigenvalue weighted by Crippen LogP contribution is -2.60. The van der Waals surface area contributed by atoms with Crippen molar-refractivity contribution < 1.29 is 68.4 Å². The molecule has 1 aromatic rings. The van der Waals surface area contributed by atoms with Crippen molar-refractivity contribution in [3.63, 3.8) is 0 Å². The monoisotopic (exact) mass is 832 g/mol. The molecule has 324 valence electrons. The number of phenols is 1. The van der Waals surface area contributed by atoms with Gasteiger partial charge in [0.1, 0.15) is 48.5 Å². The molecule has 59 heavy (non-hydrogen) atoms. The summed E-state index contributed by atoms with van der Waals surface area (Å²) >= 11 is 0. The molecule has 0 radical (unpaired) electrons. The first kappa shape index (κ1) is 47.1. The molecule has 0 aliphatic carbocycles. The molecule has 0 bridgehead atoms. The van der Waals surface area contributed by atoms with Gasteiger partial charge in [-0.05, 0) is 56.2 Å². The predicted molar refractivity (Wildman–Crippen MR) is 203 cm³/mol. The standard InChI is InChI=1S/C37H52N8O14/c1-18(2)30(43-34(56)26-7-4-12-44(26)36(58)19(3)40-31(53)22(38)15-27(47)48)35(57)42-24(14-20-8-10-21(46)11-9-20)37(59)45-13-5-6-25(45)33(55)41-23(16-28(49)50)32(54)39-17-29(51)52/h8-11,18-19,22-26,30,46H,4-7,12-17,38H2,1-3H3,(H,39,54)(H,40,53)(H,41,55)(H,42,57)(H,43,56)(H,47,48)(H,49,50)(H,51,52)/t19-,22-,23-,24-,25-,26-,30-/m0/s1. The van der Waals surface area contributed by atoms with Gasteiger partial charge in [-0.15, -0.1) is 0 Å². The summed E-state index contributed by atoms with van der Waals surface area (Å²) in [4.78, 5) is 130. The lowest BCUT2D eigenvalue weighted by atomic mass is 9.99. The Balaban J connectivity index is 1.80. The molecule has 0 saturated carbocycles. The number of phenolic OH excluding ortho intramolecular Hbond substituents is 1. The zero-order chi connectivity index (χ0) is 44.1. The fourth-order valence-electron chi connectivity index (χ4n) is 6.77. The normalized spacial score (nSPS) is 18.7. The molecular formula is C37H52N8O14. The summed E-state index contributed by atoms with van der Waals surface area (Å²) in [6.45, 7) is 3.98. The third-order valence-electron chi connectivity index (χ3n) is 9.80. The molecule has 7 atom stereocenters. The Morgan fingerprint density at radius 3 is 1.75 bits per heavy atom. The van der Waals surface area contributed by atoms with Crippen LogP contribution in [0.1, 0.15) is 64.9 Å². The second-order valence-corrected chi connectivity index (χ2v) is 14.7. The zero-order valence-electron chi connectivity index (χ0n) is 32.8. The molecule has 2 aliphatic heterocycles. The van der Waals surface area contributed by atoms with Crippen LogP contribution in [0.2, 0.25) is 0 Å². The number of nitrogens with two attached hydrogens (primary N) is 1. The van der Waals surface area contributed by atoms with E-state index in [1.807, 2.05) is 5.32 Å². The van der Waals surface area contributed by atoms with Gasteiger partial charge in [-0.2, -0.15) is 0 Å². The number of benzene rings is 1. The van der Waals surface area contributed by atoms with E-state index in [0.29, 0.717) is 18.4 Å². The maximum atomic E-state index is 14.3. The minimum absolute atomic E-state index is 0.0357. The van der Waals surface area contributed by atoms with E-state index >= 15 is 0 Å². The number of likely N-dealkylation sites (tertiary alicyclic amines) is 2. The van der Waals surface area contributed by atoms with Crippen molar-refractivity contribution in [3.8, 4) is 5.75 Å². The SMILES string of the molecule is CC(C)[C@H](NC(=O)[C@@H]1CCCN1C(=O)[C@H](C)NC(=O)[C@@H](N)CC(=O)O)C(=O)N[C@@H](Cc1ccc(O)cc1)C(=O)N1CCC[C@H]1C(=O)N[C@@H](CC(=O)O)C(=O)NCC(=O)O. The Bertz CT molecular complexity index is 1770. The maximum absolute atomic E-state index is 14.3. The van der Waals surface area contributed by atoms with Gasteiger partial charge in [-0.1, -0.05) is 26.0 Å². The van der Waals surface area contributed by atoms with E-state index in [2.05, 4.69) is 21.3 Å². The molecule has 11 N–H and O–H groups in total. The quantitative estimate of drug-likeness (QED) is 0.0626. The number of amides is 7. The third kappa shape index (κ3) is 13.6. The van der Waals surface area contributed by atoms with Crippen molar-refractivity contribution in [1.82, 2.24) is 36.4 Å². The number of carbonyl (C=O) groups excluding carboxylic acids is 7. The van der Waals surface area contributed by atoms with Crippen LogP contribution < -0.4 is 32.3 Å². The van der Waals surface area contributed by atoms with Crippen LogP contribution >= 0.6 is 0 Å². The number of hydrogen-bond donors (Lipinski definition) is 10. The summed E-state index contributed by atoms with van der Waals surface area (Å²) in [5.41, 5.74) is 6.10. The topological polar surface area (TPSA) is 344 Å². The predicted octanol–water partition coefficient (Wildman–Crippen LogP) is -2.99. The van der Waals surface area contributed by atoms with Crippen molar-refractivity contribution in [2.75, 3.05) is 19.6 Å². The number of rotatable bonds is 20. The van der Waals surface area contributed by atoms with Crippen LogP contribution in [0.25, 0.3) is 0 Å². The van der Waals surface area contributed by atoms with Gasteiger partial charge in [0.15, 0.2) is 0 Å². The molecule has 7 amide bonds. The van der Waals surface area contributed by atoms with Crippen LogP contribution in [-0.4, -0.2) is 151 Å². The first-order valence-electron chi connectivity index (χ1n) is 19.0. The van der Waals surface area contributed by atoms with E-state index in [0.717, 1.165) is 0 Å². The highest BCUT2D eigenvalue weighted by molar-refractivity contribution is 5.98.